The monoisotopic (exact) mass is 1910 g/mol. The van der Waals surface area contributed by atoms with Crippen molar-refractivity contribution in [3.8, 4) is 0 Å². The molecule has 0 N–H and O–H groups in total. The molecule has 0 aliphatic heterocycles. The number of hydrogen-bond donors (Lipinski definition) is 0. The summed E-state index contributed by atoms with van der Waals surface area (Å²) in [5.41, 5.74) is 21.7. The van der Waals surface area contributed by atoms with Gasteiger partial charge in [0.1, 0.15) is 12.2 Å². The molecule has 0 saturated heterocycles. The normalized spacial score (nSPS) is 9.15. The molecule has 0 fully saturated rings. The Morgan fingerprint density at radius 3 is 0.993 bits per heavy atom. The predicted octanol–water partition coefficient (Wildman–Crippen LogP) is 34.4. The van der Waals surface area contributed by atoms with Crippen molar-refractivity contribution in [2.45, 2.75) is 228 Å². The standard InChI is InChI=1S/3C10H9N.8C9H8N2.11C2H6/c1-8-6-9-4-2-3-5-10(9)11-7-8;1-8-6-7-11-10-5-3-2-4-9(8)10;1-8-6-7-9-4-2-3-5-10(9)11-8;1-7-8-4-2-3-5-9(8)11-6-10-7;1-7-10-6-8-4-2-3-5-9(8)11-7;2*1-7-9-5-3-2-4-8(9)6-10-11-7;2*1-7-6-10-8-4-2-3-5-9(8)11-7;1-7-6-10-11-9-5-3-2-4-8(7)9;1-7-6-8-4-2-3-5-9(8)11-10-7;11*1-2/h3*2-7H,1H3;8*2-6H,1H3;11*1-2H3. The maximum absolute atomic E-state index is 4.38. The van der Waals surface area contributed by atoms with Crippen LogP contribution in [-0.4, -0.2) is 95.6 Å². The van der Waals surface area contributed by atoms with Crippen LogP contribution in [0.15, 0.2) is 353 Å². The molecule has 11 aromatic carbocycles. The van der Waals surface area contributed by atoms with E-state index in [9.17, 15) is 0 Å². The summed E-state index contributed by atoms with van der Waals surface area (Å²) in [5, 5.41) is 44.4. The van der Waals surface area contributed by atoms with E-state index in [0.29, 0.717) is 0 Å². The minimum absolute atomic E-state index is 0.823. The van der Waals surface area contributed by atoms with Gasteiger partial charge in [-0.25, -0.2) is 29.9 Å². The molecule has 0 aliphatic rings. The SMILES string of the molecule is CC.CC.CC.CC.CC.CC.CC.CC.CC.CC.CC.Cc1cc2ccccc2nn1.Cc1ccc2ccccc2n1.Cc1ccnc2ccccc12.Cc1cnc2ccccc2c1.Cc1cnc2ccccc2n1.Cc1cnc2ccccc2n1.Cc1cnnc2ccccc12.Cc1ncc2ccccc2n1.Cc1ncnc2ccccc12.Cc1nncc2ccccc12.Cc1nncc2ccccc12. The molecule has 19 nitrogen and oxygen atoms in total. The Balaban J connectivity index is 0.000000771. The Morgan fingerprint density at radius 2 is 0.524 bits per heavy atom. The van der Waals surface area contributed by atoms with Gasteiger partial charge in [-0.2, -0.15) is 40.8 Å². The van der Waals surface area contributed by atoms with Gasteiger partial charge in [0.15, 0.2) is 0 Å². The van der Waals surface area contributed by atoms with Crippen LogP contribution in [0.3, 0.4) is 0 Å². The van der Waals surface area contributed by atoms with Gasteiger partial charge in [-0.05, 0) is 184 Å². The highest BCUT2D eigenvalue weighted by atomic mass is 15.1. The summed E-state index contributed by atoms with van der Waals surface area (Å²) >= 11 is 0. The highest BCUT2D eigenvalue weighted by Crippen LogP contribution is 2.21. The summed E-state index contributed by atoms with van der Waals surface area (Å²) in [4.78, 5) is 46.5. The highest BCUT2D eigenvalue weighted by molar-refractivity contribution is 5.87. The summed E-state index contributed by atoms with van der Waals surface area (Å²) < 4.78 is 0. The van der Waals surface area contributed by atoms with Crippen molar-refractivity contribution in [2.75, 3.05) is 0 Å². The molecule has 22 rings (SSSR count). The number of rotatable bonds is 0. The minimum atomic E-state index is 0.823. The first-order chi connectivity index (χ1) is 70.0. The number of nitrogens with zero attached hydrogens (tertiary/aromatic N) is 19. The molecule has 22 aromatic rings. The molecule has 143 heavy (non-hydrogen) atoms. The zero-order valence-corrected chi connectivity index (χ0v) is 91.5. The minimum Gasteiger partial charge on any atom is -0.256 e. The molecule has 0 saturated carbocycles. The third-order valence-electron chi connectivity index (χ3n) is 18.7. The van der Waals surface area contributed by atoms with Gasteiger partial charge >= 0.3 is 0 Å². The smallest absolute Gasteiger partial charge is 0.125 e. The van der Waals surface area contributed by atoms with Crippen LogP contribution in [0.2, 0.25) is 0 Å². The zero-order valence-electron chi connectivity index (χ0n) is 91.5. The van der Waals surface area contributed by atoms with E-state index < -0.39 is 0 Å². The van der Waals surface area contributed by atoms with E-state index in [1.807, 2.05) is 482 Å². The van der Waals surface area contributed by atoms with E-state index in [4.69, 9.17) is 0 Å². The molecular formula is C124H157N19. The van der Waals surface area contributed by atoms with Crippen LogP contribution in [0, 0.1) is 76.2 Å². The van der Waals surface area contributed by atoms with Crippen molar-refractivity contribution >= 4 is 120 Å². The first kappa shape index (κ1) is 125. The Hall–Kier alpha value is -15.6. The number of fused-ring (bicyclic) bond motifs is 11. The summed E-state index contributed by atoms with van der Waals surface area (Å²) in [6.07, 6.45) is 16.1. The number of benzene rings is 11. The van der Waals surface area contributed by atoms with Gasteiger partial charge in [-0.15, -0.1) is 0 Å². The van der Waals surface area contributed by atoms with E-state index in [1.165, 1.54) is 49.0 Å². The molecule has 748 valence electrons. The van der Waals surface area contributed by atoms with Crippen LogP contribution in [0.1, 0.15) is 215 Å². The second-order valence-electron chi connectivity index (χ2n) is 28.1. The predicted molar refractivity (Wildman–Crippen MR) is 618 cm³/mol. The van der Waals surface area contributed by atoms with Crippen LogP contribution in [-0.2, 0) is 0 Å². The summed E-state index contributed by atoms with van der Waals surface area (Å²) in [5.74, 6) is 0.823. The van der Waals surface area contributed by atoms with Gasteiger partial charge in [0.25, 0.3) is 0 Å². The average Bonchev–Trinajstić information content (AvgIpc) is 0.839. The largest absolute Gasteiger partial charge is 0.256 e. The molecule has 0 aliphatic carbocycles. The molecule has 0 amide bonds. The second kappa shape index (κ2) is 77.2. The quantitative estimate of drug-likeness (QED) is 0.137. The third-order valence-corrected chi connectivity index (χ3v) is 18.7. The molecule has 0 unspecified atom stereocenters. The first-order valence-electron chi connectivity index (χ1n) is 50.4. The number of pyridine rings is 3. The number of aromatic nitrogens is 19. The van der Waals surface area contributed by atoms with Crippen LogP contribution in [0.25, 0.3) is 120 Å². The molecule has 11 aromatic heterocycles. The van der Waals surface area contributed by atoms with Crippen LogP contribution >= 0.6 is 0 Å². The topological polar surface area (TPSA) is 245 Å². The molecule has 0 atom stereocenters. The second-order valence-corrected chi connectivity index (χ2v) is 28.1. The molecule has 0 radical (unpaired) electrons. The third kappa shape index (κ3) is 44.6. The van der Waals surface area contributed by atoms with Gasteiger partial charge in [-0.1, -0.05) is 359 Å². The number of para-hydroxylation sites is 9. The highest BCUT2D eigenvalue weighted by Gasteiger charge is 2.03. The fourth-order valence-corrected chi connectivity index (χ4v) is 12.5. The van der Waals surface area contributed by atoms with Gasteiger partial charge in [-0.3, -0.25) is 24.9 Å². The van der Waals surface area contributed by atoms with Gasteiger partial charge in [0, 0.05) is 102 Å². The summed E-state index contributed by atoms with van der Waals surface area (Å²) in [7, 11) is 0. The molecule has 19 heteroatoms. The maximum atomic E-state index is 4.38. The fourth-order valence-electron chi connectivity index (χ4n) is 12.5. The Kier molecular flexibility index (Phi) is 67.7. The van der Waals surface area contributed by atoms with E-state index >= 15 is 0 Å². The molecular weight excluding hydrogens is 1760 g/mol. The van der Waals surface area contributed by atoms with Crippen LogP contribution < -0.4 is 0 Å². The lowest BCUT2D eigenvalue weighted by Gasteiger charge is -1.97. The van der Waals surface area contributed by atoms with Gasteiger partial charge in [0.05, 0.1) is 108 Å². The van der Waals surface area contributed by atoms with Crippen molar-refractivity contribution in [1.29, 1.82) is 0 Å². The summed E-state index contributed by atoms with van der Waals surface area (Å²) in [6.45, 7) is 65.9. The summed E-state index contributed by atoms with van der Waals surface area (Å²) in [6, 6.07) is 98.6. The zero-order chi connectivity index (χ0) is 106. The van der Waals surface area contributed by atoms with Crippen molar-refractivity contribution in [3.05, 3.63) is 416 Å². The van der Waals surface area contributed by atoms with Crippen molar-refractivity contribution in [3.63, 3.8) is 0 Å². The fraction of sp³-hybridized carbons (Fsp3) is 0.266. The molecule has 11 heterocycles. The van der Waals surface area contributed by atoms with E-state index in [0.717, 1.165) is 133 Å². The lowest BCUT2D eigenvalue weighted by Crippen LogP contribution is -1.86. The van der Waals surface area contributed by atoms with Crippen molar-refractivity contribution < 1.29 is 0 Å². The maximum Gasteiger partial charge on any atom is 0.125 e. The molecule has 0 spiro atoms. The van der Waals surface area contributed by atoms with Crippen LogP contribution in [0.5, 0.6) is 0 Å². The number of hydrogen-bond acceptors (Lipinski definition) is 19. The first-order valence-corrected chi connectivity index (χ1v) is 50.4. The average molecular weight is 1910 g/mol. The lowest BCUT2D eigenvalue weighted by atomic mass is 10.1. The lowest BCUT2D eigenvalue weighted by molar-refractivity contribution is 1.00. The van der Waals surface area contributed by atoms with Gasteiger partial charge in [0.2, 0.25) is 0 Å². The van der Waals surface area contributed by atoms with E-state index in [2.05, 4.69) is 158 Å². The van der Waals surface area contributed by atoms with Crippen molar-refractivity contribution in [1.82, 2.24) is 95.6 Å². The molecule has 0 bridgehead atoms. The number of aryl methyl sites for hydroxylation is 11. The Bertz CT molecular complexity index is 6030. The Labute approximate surface area is 854 Å². The van der Waals surface area contributed by atoms with Gasteiger partial charge < -0.3 is 0 Å². The van der Waals surface area contributed by atoms with Crippen LogP contribution in [0.4, 0.5) is 0 Å². The van der Waals surface area contributed by atoms with E-state index in [-0.39, 0.29) is 0 Å². The van der Waals surface area contributed by atoms with Crippen molar-refractivity contribution in [2.24, 2.45) is 0 Å². The Morgan fingerprint density at radius 1 is 0.168 bits per heavy atom. The van der Waals surface area contributed by atoms with E-state index in [1.54, 1.807) is 37.3 Å².